The molecule has 0 fully saturated rings. The normalized spacial score (nSPS) is 14.7. The van der Waals surface area contributed by atoms with E-state index >= 15 is 0 Å². The summed E-state index contributed by atoms with van der Waals surface area (Å²) in [4.78, 5) is 10.7. The molecule has 0 bridgehead atoms. The lowest BCUT2D eigenvalue weighted by Gasteiger charge is -2.32. The van der Waals surface area contributed by atoms with Gasteiger partial charge in [0.15, 0.2) is 0 Å². The summed E-state index contributed by atoms with van der Waals surface area (Å²) in [7, 11) is 0. The summed E-state index contributed by atoms with van der Waals surface area (Å²) < 4.78 is 115. The highest BCUT2D eigenvalue weighted by molar-refractivity contribution is 5.96. The summed E-state index contributed by atoms with van der Waals surface area (Å²) in [6.45, 7) is 1.13. The Labute approximate surface area is 106 Å². The van der Waals surface area contributed by atoms with Gasteiger partial charge in [-0.1, -0.05) is 0 Å². The van der Waals surface area contributed by atoms with Crippen LogP contribution in [0.25, 0.3) is 0 Å². The van der Waals surface area contributed by atoms with E-state index in [0.29, 0.717) is 0 Å². The fourth-order valence-corrected chi connectivity index (χ4v) is 0.841. The van der Waals surface area contributed by atoms with E-state index in [-0.39, 0.29) is 18.9 Å². The molecular weight excluding hydrogens is 311 g/mol. The van der Waals surface area contributed by atoms with Crippen LogP contribution in [-0.4, -0.2) is 36.3 Å². The first kappa shape index (κ1) is 18.6. The summed E-state index contributed by atoms with van der Waals surface area (Å²) in [5.74, 6) is -23.2. The molecule has 0 atom stereocenters. The summed E-state index contributed by atoms with van der Waals surface area (Å²) in [6, 6.07) is 0. The molecule has 0 N–H and O–H groups in total. The van der Waals surface area contributed by atoms with E-state index in [2.05, 4.69) is 4.74 Å². The van der Waals surface area contributed by atoms with Crippen LogP contribution in [0.5, 0.6) is 0 Å². The number of hydrogen-bond acceptors (Lipinski definition) is 2. The Bertz CT molecular complexity index is 383. The Hall–Kier alpha value is -1.42. The van der Waals surface area contributed by atoms with Gasteiger partial charge in [0.1, 0.15) is 0 Å². The van der Waals surface area contributed by atoms with E-state index in [9.17, 15) is 44.3 Å². The maximum atomic E-state index is 12.9. The lowest BCUT2D eigenvalue weighted by molar-refractivity contribution is -0.387. The Morgan fingerprint density at radius 2 is 1.40 bits per heavy atom. The zero-order valence-electron chi connectivity index (χ0n) is 9.58. The second kappa shape index (κ2) is 5.52. The molecule has 0 aromatic heterocycles. The minimum absolute atomic E-state index is 0.176. The predicted molar refractivity (Wildman–Crippen MR) is 46.7 cm³/mol. The highest BCUT2D eigenvalue weighted by Crippen LogP contribution is 2.53. The molecule has 0 aliphatic rings. The van der Waals surface area contributed by atoms with Gasteiger partial charge in [-0.2, -0.15) is 39.5 Å². The molecule has 0 saturated heterocycles. The van der Waals surface area contributed by atoms with Crippen molar-refractivity contribution in [1.82, 2.24) is 0 Å². The number of alkyl halides is 9. The molecule has 0 aromatic carbocycles. The molecule has 0 aliphatic heterocycles. The van der Waals surface area contributed by atoms with Crippen molar-refractivity contribution in [3.05, 3.63) is 12.3 Å². The third-order valence-corrected chi connectivity index (χ3v) is 1.94. The predicted octanol–water partition coefficient (Wildman–Crippen LogP) is 3.57. The average molecular weight is 318 g/mol. The molecule has 0 unspecified atom stereocenters. The second-order valence-corrected chi connectivity index (χ2v) is 3.34. The number of ether oxygens (including phenoxy) is 1. The molecule has 0 spiro atoms. The van der Waals surface area contributed by atoms with Crippen molar-refractivity contribution in [3.8, 4) is 0 Å². The van der Waals surface area contributed by atoms with Crippen LogP contribution in [0.15, 0.2) is 12.3 Å². The van der Waals surface area contributed by atoms with Gasteiger partial charge in [0, 0.05) is 6.08 Å². The average Bonchev–Trinajstić information content (AvgIpc) is 2.27. The van der Waals surface area contributed by atoms with Crippen LogP contribution in [0.2, 0.25) is 0 Å². The molecular formula is C9H7F9O2. The van der Waals surface area contributed by atoms with Gasteiger partial charge in [0.05, 0.1) is 12.9 Å². The van der Waals surface area contributed by atoms with E-state index < -0.39 is 29.7 Å². The third-order valence-electron chi connectivity index (χ3n) is 1.94. The lowest BCUT2D eigenvalue weighted by atomic mass is 10.0. The van der Waals surface area contributed by atoms with Gasteiger partial charge >= 0.3 is 23.9 Å². The molecule has 0 radical (unpaired) electrons. The van der Waals surface area contributed by atoms with Crippen LogP contribution in [-0.2, 0) is 9.53 Å². The molecule has 118 valence electrons. The van der Waals surface area contributed by atoms with Crippen LogP contribution < -0.4 is 0 Å². The fourth-order valence-electron chi connectivity index (χ4n) is 0.841. The van der Waals surface area contributed by atoms with Crippen molar-refractivity contribution in [1.29, 1.82) is 0 Å². The molecule has 11 heteroatoms. The van der Waals surface area contributed by atoms with Crippen LogP contribution in [0, 0.1) is 0 Å². The SMILES string of the molecule is CCOC=CC(=O)C(F)(F)C(F)(F)C(F)(F)C(F)(F)F. The smallest absolute Gasteiger partial charge is 0.460 e. The van der Waals surface area contributed by atoms with Gasteiger partial charge in [-0.25, -0.2) is 0 Å². The Morgan fingerprint density at radius 1 is 0.950 bits per heavy atom. The minimum Gasteiger partial charge on any atom is -0.501 e. The number of allylic oxidation sites excluding steroid dienone is 1. The minimum atomic E-state index is -7.08. The maximum Gasteiger partial charge on any atom is 0.460 e. The van der Waals surface area contributed by atoms with Crippen LogP contribution >= 0.6 is 0 Å². The standard InChI is InChI=1S/C9H7F9O2/c1-2-20-4-3-5(19)6(10,11)7(12,13)8(14,15)9(16,17)18/h3-4H,2H2,1H3. The second-order valence-electron chi connectivity index (χ2n) is 3.34. The molecule has 0 aromatic rings. The number of carbonyl (C=O) groups is 1. The quantitative estimate of drug-likeness (QED) is 0.425. The molecule has 20 heavy (non-hydrogen) atoms. The Morgan fingerprint density at radius 3 is 1.75 bits per heavy atom. The van der Waals surface area contributed by atoms with Crippen molar-refractivity contribution >= 4 is 5.78 Å². The van der Waals surface area contributed by atoms with Crippen LogP contribution in [0.4, 0.5) is 39.5 Å². The van der Waals surface area contributed by atoms with Gasteiger partial charge in [-0.05, 0) is 6.92 Å². The van der Waals surface area contributed by atoms with Crippen molar-refractivity contribution in [3.63, 3.8) is 0 Å². The molecule has 0 rings (SSSR count). The number of rotatable bonds is 6. The molecule has 0 aliphatic carbocycles. The van der Waals surface area contributed by atoms with Gasteiger partial charge in [-0.15, -0.1) is 0 Å². The third kappa shape index (κ3) is 3.01. The van der Waals surface area contributed by atoms with Gasteiger partial charge in [-0.3, -0.25) is 4.79 Å². The van der Waals surface area contributed by atoms with Crippen LogP contribution in [0.1, 0.15) is 6.92 Å². The first-order valence-corrected chi connectivity index (χ1v) is 4.76. The van der Waals surface area contributed by atoms with Gasteiger partial charge < -0.3 is 4.74 Å². The summed E-state index contributed by atoms with van der Waals surface area (Å²) in [5.41, 5.74) is 0. The monoisotopic (exact) mass is 318 g/mol. The van der Waals surface area contributed by atoms with Crippen molar-refractivity contribution in [2.75, 3.05) is 6.61 Å². The number of halogens is 9. The molecule has 0 heterocycles. The van der Waals surface area contributed by atoms with Crippen LogP contribution in [0.3, 0.4) is 0 Å². The topological polar surface area (TPSA) is 26.3 Å². The van der Waals surface area contributed by atoms with Gasteiger partial charge in [0.2, 0.25) is 5.78 Å². The summed E-state index contributed by atoms with van der Waals surface area (Å²) in [6.07, 6.45) is -7.13. The van der Waals surface area contributed by atoms with E-state index in [1.165, 1.54) is 6.92 Å². The van der Waals surface area contributed by atoms with E-state index in [1.807, 2.05) is 0 Å². The number of hydrogen-bond donors (Lipinski definition) is 0. The van der Waals surface area contributed by atoms with Crippen molar-refractivity contribution < 1.29 is 49.0 Å². The van der Waals surface area contributed by atoms with Gasteiger partial charge in [0.25, 0.3) is 0 Å². The molecule has 0 amide bonds. The van der Waals surface area contributed by atoms with E-state index in [0.717, 1.165) is 0 Å². The molecule has 0 saturated carbocycles. The lowest BCUT2D eigenvalue weighted by Crippen LogP contribution is -2.63. The highest BCUT2D eigenvalue weighted by atomic mass is 19.4. The largest absolute Gasteiger partial charge is 0.501 e. The summed E-state index contributed by atoms with van der Waals surface area (Å²) >= 11 is 0. The highest BCUT2D eigenvalue weighted by Gasteiger charge is 2.83. The van der Waals surface area contributed by atoms with E-state index in [4.69, 9.17) is 0 Å². The summed E-state index contributed by atoms with van der Waals surface area (Å²) in [5, 5.41) is 0. The zero-order valence-corrected chi connectivity index (χ0v) is 9.58. The zero-order chi connectivity index (χ0) is 16.4. The number of carbonyl (C=O) groups excluding carboxylic acids is 1. The molecule has 2 nitrogen and oxygen atoms in total. The first-order valence-electron chi connectivity index (χ1n) is 4.76. The Balaban J connectivity index is 5.52. The van der Waals surface area contributed by atoms with Crippen molar-refractivity contribution in [2.45, 2.75) is 30.9 Å². The first-order chi connectivity index (χ1) is 8.73. The van der Waals surface area contributed by atoms with Crippen molar-refractivity contribution in [2.24, 2.45) is 0 Å². The maximum absolute atomic E-state index is 12.9. The Kier molecular flexibility index (Phi) is 5.13. The number of ketones is 1. The fraction of sp³-hybridized carbons (Fsp3) is 0.667. The van der Waals surface area contributed by atoms with E-state index in [1.54, 1.807) is 0 Å².